The lowest BCUT2D eigenvalue weighted by molar-refractivity contribution is 0.0747. The van der Waals surface area contributed by atoms with Gasteiger partial charge in [-0.1, -0.05) is 23.4 Å². The van der Waals surface area contributed by atoms with E-state index in [2.05, 4.69) is 22.0 Å². The Morgan fingerprint density at radius 2 is 2.06 bits per heavy atom. The van der Waals surface area contributed by atoms with Crippen LogP contribution in [-0.2, 0) is 13.0 Å². The minimum Gasteiger partial charge on any atom is -0.497 e. The van der Waals surface area contributed by atoms with E-state index in [1.807, 2.05) is 24.3 Å². The molecule has 2 heterocycles. The summed E-state index contributed by atoms with van der Waals surface area (Å²) in [6.07, 6.45) is 5.40. The number of methoxy groups -OCH3 is 1. The van der Waals surface area contributed by atoms with Crippen LogP contribution in [0.4, 0.5) is 0 Å². The van der Waals surface area contributed by atoms with Gasteiger partial charge < -0.3 is 19.5 Å². The third-order valence-corrected chi connectivity index (χ3v) is 4.54. The molecule has 0 unspecified atom stereocenters. The molecule has 2 aromatic heterocycles. The van der Waals surface area contributed by atoms with Crippen molar-refractivity contribution in [3.63, 3.8) is 0 Å². The van der Waals surface area contributed by atoms with E-state index in [1.165, 1.54) is 17.2 Å². The second kappa shape index (κ2) is 10.7. The molecule has 3 rings (SSSR count). The van der Waals surface area contributed by atoms with Gasteiger partial charge in [0.15, 0.2) is 11.5 Å². The molecule has 1 N–H and O–H groups in total. The van der Waals surface area contributed by atoms with Crippen molar-refractivity contribution in [3.05, 3.63) is 90.1 Å². The molecule has 0 saturated heterocycles. The van der Waals surface area contributed by atoms with Crippen molar-refractivity contribution in [2.24, 2.45) is 0 Å². The Hall–Kier alpha value is -3.94. The van der Waals surface area contributed by atoms with Crippen molar-refractivity contribution in [1.29, 1.82) is 0 Å². The SMILES string of the molecule is C=CCN(Cc1cc(C(=O)NCCc2ccc(OC)cc2)no1)C(=O)c1cccnc1. The monoisotopic (exact) mass is 420 g/mol. The van der Waals surface area contributed by atoms with E-state index in [-0.39, 0.29) is 24.1 Å². The van der Waals surface area contributed by atoms with E-state index in [9.17, 15) is 9.59 Å². The fraction of sp³-hybridized carbons (Fsp3) is 0.217. The number of pyridine rings is 1. The Morgan fingerprint density at radius 1 is 1.26 bits per heavy atom. The lowest BCUT2D eigenvalue weighted by Crippen LogP contribution is -2.30. The van der Waals surface area contributed by atoms with Gasteiger partial charge in [-0.3, -0.25) is 14.6 Å². The number of ether oxygens (including phenoxy) is 1. The standard InChI is InChI=1S/C23H24N4O4/c1-3-13-27(23(29)18-5-4-11-24-15-18)16-20-14-21(26-31-20)22(28)25-12-10-17-6-8-19(30-2)9-7-17/h3-9,11,14-15H,1,10,12-13,16H2,2H3,(H,25,28). The highest BCUT2D eigenvalue weighted by molar-refractivity contribution is 5.94. The minimum atomic E-state index is -0.336. The third-order valence-electron chi connectivity index (χ3n) is 4.54. The first-order valence-corrected chi connectivity index (χ1v) is 9.77. The van der Waals surface area contributed by atoms with E-state index in [0.717, 1.165) is 11.3 Å². The number of benzene rings is 1. The lowest BCUT2D eigenvalue weighted by atomic mass is 10.1. The summed E-state index contributed by atoms with van der Waals surface area (Å²) in [6.45, 7) is 4.62. The fourth-order valence-electron chi connectivity index (χ4n) is 2.93. The summed E-state index contributed by atoms with van der Waals surface area (Å²) in [5.41, 5.74) is 1.70. The zero-order valence-corrected chi connectivity index (χ0v) is 17.3. The van der Waals surface area contributed by atoms with Crippen molar-refractivity contribution in [1.82, 2.24) is 20.4 Å². The predicted molar refractivity (Wildman–Crippen MR) is 115 cm³/mol. The average molecular weight is 420 g/mol. The van der Waals surface area contributed by atoms with Gasteiger partial charge in [0.05, 0.1) is 19.2 Å². The average Bonchev–Trinajstić information content (AvgIpc) is 3.28. The van der Waals surface area contributed by atoms with Crippen LogP contribution in [0.25, 0.3) is 0 Å². The fourth-order valence-corrected chi connectivity index (χ4v) is 2.93. The van der Waals surface area contributed by atoms with Crippen LogP contribution in [0.3, 0.4) is 0 Å². The largest absolute Gasteiger partial charge is 0.497 e. The van der Waals surface area contributed by atoms with E-state index in [1.54, 1.807) is 31.5 Å². The Labute approximate surface area is 180 Å². The molecule has 0 bridgehead atoms. The van der Waals surface area contributed by atoms with Crippen molar-refractivity contribution in [2.45, 2.75) is 13.0 Å². The van der Waals surface area contributed by atoms with E-state index in [4.69, 9.17) is 9.26 Å². The van der Waals surface area contributed by atoms with Crippen LogP contribution < -0.4 is 10.1 Å². The highest BCUT2D eigenvalue weighted by Crippen LogP contribution is 2.13. The molecular weight excluding hydrogens is 396 g/mol. The first kappa shape index (κ1) is 21.8. The molecule has 0 saturated carbocycles. The van der Waals surface area contributed by atoms with E-state index in [0.29, 0.717) is 30.8 Å². The van der Waals surface area contributed by atoms with Crippen LogP contribution >= 0.6 is 0 Å². The molecular formula is C23H24N4O4. The smallest absolute Gasteiger partial charge is 0.273 e. The van der Waals surface area contributed by atoms with Crippen molar-refractivity contribution >= 4 is 11.8 Å². The highest BCUT2D eigenvalue weighted by Gasteiger charge is 2.19. The molecule has 0 spiro atoms. The molecule has 0 aliphatic heterocycles. The third kappa shape index (κ3) is 6.02. The molecule has 2 amide bonds. The summed E-state index contributed by atoms with van der Waals surface area (Å²) < 4.78 is 10.4. The topological polar surface area (TPSA) is 97.6 Å². The number of rotatable bonds is 10. The van der Waals surface area contributed by atoms with Gasteiger partial charge in [-0.15, -0.1) is 6.58 Å². The number of amides is 2. The number of hydrogen-bond donors (Lipinski definition) is 1. The minimum absolute atomic E-state index is 0.159. The van der Waals surface area contributed by atoms with Crippen LogP contribution in [0.1, 0.15) is 32.2 Å². The molecule has 0 aliphatic rings. The molecule has 3 aromatic rings. The first-order valence-electron chi connectivity index (χ1n) is 9.77. The number of nitrogens with zero attached hydrogens (tertiary/aromatic N) is 3. The number of carbonyl (C=O) groups excluding carboxylic acids is 2. The highest BCUT2D eigenvalue weighted by atomic mass is 16.5. The zero-order valence-electron chi connectivity index (χ0n) is 17.3. The normalized spacial score (nSPS) is 10.4. The predicted octanol–water partition coefficient (Wildman–Crippen LogP) is 2.88. The Kier molecular flexibility index (Phi) is 7.53. The van der Waals surface area contributed by atoms with Crippen LogP contribution in [0.2, 0.25) is 0 Å². The number of nitrogens with one attached hydrogen (secondary N) is 1. The van der Waals surface area contributed by atoms with Gasteiger partial charge in [0.25, 0.3) is 11.8 Å². The van der Waals surface area contributed by atoms with Gasteiger partial charge in [-0.25, -0.2) is 0 Å². The van der Waals surface area contributed by atoms with Crippen LogP contribution in [0, 0.1) is 0 Å². The summed E-state index contributed by atoms with van der Waals surface area (Å²) in [5.74, 6) is 0.641. The molecule has 0 aliphatic carbocycles. The van der Waals surface area contributed by atoms with Gasteiger partial charge in [0, 0.05) is 31.5 Å². The molecule has 160 valence electrons. The number of aromatic nitrogens is 2. The van der Waals surface area contributed by atoms with Crippen LogP contribution in [0.5, 0.6) is 5.75 Å². The summed E-state index contributed by atoms with van der Waals surface area (Å²) in [5, 5.41) is 6.65. The summed E-state index contributed by atoms with van der Waals surface area (Å²) >= 11 is 0. The first-order chi connectivity index (χ1) is 15.1. The molecule has 8 heteroatoms. The van der Waals surface area contributed by atoms with E-state index >= 15 is 0 Å². The van der Waals surface area contributed by atoms with Crippen LogP contribution in [0.15, 0.2) is 72.0 Å². The lowest BCUT2D eigenvalue weighted by Gasteiger charge is -2.19. The zero-order chi connectivity index (χ0) is 22.1. The number of hydrogen-bond acceptors (Lipinski definition) is 6. The molecule has 0 atom stereocenters. The van der Waals surface area contributed by atoms with Gasteiger partial charge in [-0.2, -0.15) is 0 Å². The van der Waals surface area contributed by atoms with Crippen molar-refractivity contribution < 1.29 is 18.8 Å². The van der Waals surface area contributed by atoms with E-state index < -0.39 is 0 Å². The summed E-state index contributed by atoms with van der Waals surface area (Å²) in [7, 11) is 1.62. The van der Waals surface area contributed by atoms with Gasteiger partial charge in [0.1, 0.15) is 5.75 Å². The maximum atomic E-state index is 12.7. The Balaban J connectivity index is 1.55. The molecule has 31 heavy (non-hydrogen) atoms. The maximum Gasteiger partial charge on any atom is 0.273 e. The van der Waals surface area contributed by atoms with Crippen LogP contribution in [-0.4, -0.2) is 47.1 Å². The second-order valence-electron chi connectivity index (χ2n) is 6.75. The number of carbonyl (C=O) groups is 2. The van der Waals surface area contributed by atoms with Gasteiger partial charge in [0.2, 0.25) is 0 Å². The van der Waals surface area contributed by atoms with Crippen molar-refractivity contribution in [2.75, 3.05) is 20.2 Å². The summed E-state index contributed by atoms with van der Waals surface area (Å²) in [4.78, 5) is 30.6. The summed E-state index contributed by atoms with van der Waals surface area (Å²) in [6, 6.07) is 12.6. The van der Waals surface area contributed by atoms with Gasteiger partial charge >= 0.3 is 0 Å². The molecule has 8 nitrogen and oxygen atoms in total. The molecule has 0 fully saturated rings. The van der Waals surface area contributed by atoms with Crippen molar-refractivity contribution in [3.8, 4) is 5.75 Å². The maximum absolute atomic E-state index is 12.7. The second-order valence-corrected chi connectivity index (χ2v) is 6.75. The Bertz CT molecular complexity index is 1020. The Morgan fingerprint density at radius 3 is 2.74 bits per heavy atom. The molecule has 0 radical (unpaired) electrons. The van der Waals surface area contributed by atoms with Gasteiger partial charge in [-0.05, 0) is 36.2 Å². The molecule has 1 aromatic carbocycles. The quantitative estimate of drug-likeness (QED) is 0.507.